The molecule has 0 amide bonds. The third-order valence-corrected chi connectivity index (χ3v) is 1.90. The maximum Gasteiger partial charge on any atom is 0.215 e. The van der Waals surface area contributed by atoms with Crippen molar-refractivity contribution in [1.82, 2.24) is 9.97 Å². The van der Waals surface area contributed by atoms with Crippen molar-refractivity contribution in [3.63, 3.8) is 0 Å². The number of hydrogen-bond acceptors (Lipinski definition) is 4. The fraction of sp³-hybridized carbons (Fsp3) is 0.0909. The second-order valence-electron chi connectivity index (χ2n) is 3.03. The molecule has 0 aliphatic heterocycles. The van der Waals surface area contributed by atoms with Crippen LogP contribution in [0.3, 0.4) is 0 Å². The van der Waals surface area contributed by atoms with Gasteiger partial charge in [-0.3, -0.25) is 0 Å². The summed E-state index contributed by atoms with van der Waals surface area (Å²) in [5.41, 5.74) is 6.16. The van der Waals surface area contributed by atoms with Crippen molar-refractivity contribution in [3.05, 3.63) is 36.9 Å². The Morgan fingerprint density at radius 1 is 1.27 bits per heavy atom. The fourth-order valence-electron chi connectivity index (χ4n) is 1.22. The van der Waals surface area contributed by atoms with Gasteiger partial charge in [0.2, 0.25) is 5.88 Å². The van der Waals surface area contributed by atoms with Crippen LogP contribution in [0.5, 0.6) is 5.88 Å². The van der Waals surface area contributed by atoms with E-state index in [9.17, 15) is 0 Å². The number of nitrogens with two attached hydrogens (primary N) is 1. The van der Waals surface area contributed by atoms with Crippen LogP contribution < -0.4 is 10.5 Å². The topological polar surface area (TPSA) is 61.0 Å². The Kier molecular flexibility index (Phi) is 2.49. The number of anilines is 1. The molecule has 76 valence electrons. The first kappa shape index (κ1) is 9.45. The molecule has 4 heteroatoms. The van der Waals surface area contributed by atoms with Gasteiger partial charge in [-0.2, -0.15) is 4.98 Å². The Morgan fingerprint density at radius 2 is 2.07 bits per heavy atom. The molecule has 0 atom stereocenters. The molecule has 4 nitrogen and oxygen atoms in total. The molecule has 0 aromatic carbocycles. The Morgan fingerprint density at radius 3 is 2.87 bits per heavy atom. The van der Waals surface area contributed by atoms with Gasteiger partial charge in [-0.05, 0) is 18.2 Å². The van der Waals surface area contributed by atoms with E-state index in [0.717, 1.165) is 5.39 Å². The molecule has 2 heterocycles. The molecule has 0 unspecified atom stereocenters. The van der Waals surface area contributed by atoms with Crippen LogP contribution in [0.4, 0.5) is 5.82 Å². The lowest BCUT2D eigenvalue weighted by atomic mass is 10.3. The Bertz CT molecular complexity index is 496. The van der Waals surface area contributed by atoms with E-state index in [2.05, 4.69) is 16.5 Å². The highest BCUT2D eigenvalue weighted by molar-refractivity contribution is 5.76. The third kappa shape index (κ3) is 2.04. The lowest BCUT2D eigenvalue weighted by Gasteiger charge is -2.03. The lowest BCUT2D eigenvalue weighted by molar-refractivity contribution is 0.350. The Hall–Kier alpha value is -2.10. The summed E-state index contributed by atoms with van der Waals surface area (Å²) in [6.07, 6.45) is 1.67. The van der Waals surface area contributed by atoms with E-state index in [1.54, 1.807) is 18.2 Å². The summed E-state index contributed by atoms with van der Waals surface area (Å²) in [7, 11) is 0. The predicted molar refractivity (Wildman–Crippen MR) is 59.6 cm³/mol. The maximum absolute atomic E-state index is 5.57. The lowest BCUT2D eigenvalue weighted by Crippen LogP contribution is -1.97. The van der Waals surface area contributed by atoms with Crippen LogP contribution in [0.2, 0.25) is 0 Å². The molecule has 2 rings (SSSR count). The number of pyridine rings is 2. The van der Waals surface area contributed by atoms with Crippen molar-refractivity contribution in [2.45, 2.75) is 0 Å². The van der Waals surface area contributed by atoms with Gasteiger partial charge in [0.15, 0.2) is 5.65 Å². The summed E-state index contributed by atoms with van der Waals surface area (Å²) < 4.78 is 5.29. The Labute approximate surface area is 87.4 Å². The summed E-state index contributed by atoms with van der Waals surface area (Å²) in [6, 6.07) is 7.31. The molecule has 0 fully saturated rings. The van der Waals surface area contributed by atoms with Gasteiger partial charge < -0.3 is 10.5 Å². The van der Waals surface area contributed by atoms with Crippen molar-refractivity contribution < 1.29 is 4.74 Å². The minimum Gasteiger partial charge on any atom is -0.473 e. The monoisotopic (exact) mass is 201 g/mol. The van der Waals surface area contributed by atoms with Gasteiger partial charge in [0, 0.05) is 11.5 Å². The number of fused-ring (bicyclic) bond motifs is 1. The average Bonchev–Trinajstić information content (AvgIpc) is 2.25. The van der Waals surface area contributed by atoms with E-state index in [4.69, 9.17) is 10.5 Å². The first-order chi connectivity index (χ1) is 7.29. The van der Waals surface area contributed by atoms with Gasteiger partial charge in [-0.15, -0.1) is 0 Å². The van der Waals surface area contributed by atoms with Crippen LogP contribution in [0.25, 0.3) is 11.0 Å². The summed E-state index contributed by atoms with van der Waals surface area (Å²) in [4.78, 5) is 8.32. The number of nitrogen functional groups attached to an aromatic ring is 1. The van der Waals surface area contributed by atoms with E-state index < -0.39 is 0 Å². The molecule has 0 saturated carbocycles. The second kappa shape index (κ2) is 3.96. The number of ether oxygens (including phenoxy) is 1. The van der Waals surface area contributed by atoms with E-state index in [1.807, 2.05) is 12.1 Å². The zero-order chi connectivity index (χ0) is 10.7. The number of hydrogen-bond donors (Lipinski definition) is 1. The first-order valence-electron chi connectivity index (χ1n) is 4.56. The number of rotatable bonds is 3. The zero-order valence-electron chi connectivity index (χ0n) is 8.18. The van der Waals surface area contributed by atoms with Crippen LogP contribution in [0.1, 0.15) is 0 Å². The smallest absolute Gasteiger partial charge is 0.215 e. The standard InChI is InChI=1S/C11H11N3O/c1-2-7-15-10-6-4-8-3-5-9(12)13-11(8)14-10/h2-6H,1,7H2,(H2,12,13,14). The third-order valence-electron chi connectivity index (χ3n) is 1.90. The molecule has 0 saturated heterocycles. The van der Waals surface area contributed by atoms with Crippen molar-refractivity contribution in [3.8, 4) is 5.88 Å². The van der Waals surface area contributed by atoms with Gasteiger partial charge in [0.1, 0.15) is 12.4 Å². The van der Waals surface area contributed by atoms with E-state index in [1.165, 1.54) is 0 Å². The molecular formula is C11H11N3O. The predicted octanol–water partition coefficient (Wildman–Crippen LogP) is 1.78. The molecular weight excluding hydrogens is 190 g/mol. The second-order valence-corrected chi connectivity index (χ2v) is 3.03. The van der Waals surface area contributed by atoms with Crippen molar-refractivity contribution in [2.75, 3.05) is 12.3 Å². The summed E-state index contributed by atoms with van der Waals surface area (Å²) in [5.74, 6) is 0.983. The molecule has 0 aliphatic rings. The van der Waals surface area contributed by atoms with Gasteiger partial charge in [-0.1, -0.05) is 12.7 Å². The van der Waals surface area contributed by atoms with Crippen LogP contribution >= 0.6 is 0 Å². The minimum absolute atomic E-state index is 0.431. The van der Waals surface area contributed by atoms with Crippen LogP contribution in [0.15, 0.2) is 36.9 Å². The van der Waals surface area contributed by atoms with E-state index >= 15 is 0 Å². The highest BCUT2D eigenvalue weighted by Gasteiger charge is 2.00. The van der Waals surface area contributed by atoms with Crippen molar-refractivity contribution in [2.24, 2.45) is 0 Å². The van der Waals surface area contributed by atoms with Gasteiger partial charge in [0.25, 0.3) is 0 Å². The van der Waals surface area contributed by atoms with Gasteiger partial charge in [-0.25, -0.2) is 4.98 Å². The first-order valence-corrected chi connectivity index (χ1v) is 4.56. The SMILES string of the molecule is C=CCOc1ccc2ccc(N)nc2n1. The average molecular weight is 201 g/mol. The molecule has 0 bridgehead atoms. The Balaban J connectivity index is 2.40. The van der Waals surface area contributed by atoms with Crippen LogP contribution in [0, 0.1) is 0 Å². The minimum atomic E-state index is 0.431. The summed E-state index contributed by atoms with van der Waals surface area (Å²) in [5, 5.41) is 0.940. The molecule has 2 aromatic rings. The molecule has 2 N–H and O–H groups in total. The molecule has 0 aliphatic carbocycles. The number of aromatic nitrogens is 2. The van der Waals surface area contributed by atoms with Gasteiger partial charge in [0.05, 0.1) is 0 Å². The quantitative estimate of drug-likeness (QED) is 0.769. The number of nitrogens with zero attached hydrogens (tertiary/aromatic N) is 2. The van der Waals surface area contributed by atoms with E-state index in [0.29, 0.717) is 24.0 Å². The summed E-state index contributed by atoms with van der Waals surface area (Å²) >= 11 is 0. The van der Waals surface area contributed by atoms with Crippen LogP contribution in [-0.2, 0) is 0 Å². The van der Waals surface area contributed by atoms with Gasteiger partial charge >= 0.3 is 0 Å². The molecule has 0 spiro atoms. The largest absolute Gasteiger partial charge is 0.473 e. The maximum atomic E-state index is 5.57. The van der Waals surface area contributed by atoms with Crippen molar-refractivity contribution in [1.29, 1.82) is 0 Å². The highest BCUT2D eigenvalue weighted by Crippen LogP contribution is 2.15. The zero-order valence-corrected chi connectivity index (χ0v) is 8.18. The molecule has 2 aromatic heterocycles. The van der Waals surface area contributed by atoms with Crippen LogP contribution in [-0.4, -0.2) is 16.6 Å². The molecule has 0 radical (unpaired) electrons. The summed E-state index contributed by atoms with van der Waals surface area (Å²) in [6.45, 7) is 4.00. The van der Waals surface area contributed by atoms with Crippen molar-refractivity contribution >= 4 is 16.9 Å². The fourth-order valence-corrected chi connectivity index (χ4v) is 1.22. The molecule has 15 heavy (non-hydrogen) atoms. The normalized spacial score (nSPS) is 10.1. The van der Waals surface area contributed by atoms with E-state index in [-0.39, 0.29) is 0 Å². The highest BCUT2D eigenvalue weighted by atomic mass is 16.5.